The first kappa shape index (κ1) is 15.2. The molecule has 0 aliphatic heterocycles. The summed E-state index contributed by atoms with van der Waals surface area (Å²) in [6.07, 6.45) is 0. The van der Waals surface area contributed by atoms with E-state index >= 15 is 0 Å². The van der Waals surface area contributed by atoms with Crippen molar-refractivity contribution in [1.82, 2.24) is 15.5 Å². The molecule has 5 nitrogen and oxygen atoms in total. The zero-order valence-corrected chi connectivity index (χ0v) is 13.7. The van der Waals surface area contributed by atoms with Gasteiger partial charge in [-0.05, 0) is 25.1 Å². The summed E-state index contributed by atoms with van der Waals surface area (Å²) in [7, 11) is 0. The molecular formula is C20H17N3O2. The van der Waals surface area contributed by atoms with E-state index < -0.39 is 0 Å². The van der Waals surface area contributed by atoms with E-state index in [2.05, 4.69) is 15.5 Å². The van der Waals surface area contributed by atoms with Crippen molar-refractivity contribution in [3.8, 4) is 11.3 Å². The number of H-pyrrole nitrogens is 1. The minimum Gasteiger partial charge on any atom is -0.459 e. The third kappa shape index (κ3) is 3.04. The highest BCUT2D eigenvalue weighted by Gasteiger charge is 2.17. The first-order valence-corrected chi connectivity index (χ1v) is 8.11. The molecule has 0 aliphatic carbocycles. The number of nitrogens with one attached hydrogen (secondary N) is 2. The van der Waals surface area contributed by atoms with Gasteiger partial charge in [0.1, 0.15) is 17.0 Å². The number of hydrogen-bond donors (Lipinski definition) is 2. The van der Waals surface area contributed by atoms with Crippen LogP contribution in [0.4, 0.5) is 0 Å². The normalized spacial score (nSPS) is 12.2. The molecule has 0 saturated carbocycles. The van der Waals surface area contributed by atoms with Crippen molar-refractivity contribution < 1.29 is 9.21 Å². The molecule has 2 aromatic carbocycles. The van der Waals surface area contributed by atoms with Crippen LogP contribution in [0.5, 0.6) is 0 Å². The maximum absolute atomic E-state index is 12.5. The molecule has 0 radical (unpaired) electrons. The molecule has 0 aliphatic rings. The van der Waals surface area contributed by atoms with E-state index in [1.54, 1.807) is 6.07 Å². The van der Waals surface area contributed by atoms with E-state index in [0.29, 0.717) is 5.69 Å². The molecule has 124 valence electrons. The third-order valence-corrected chi connectivity index (χ3v) is 4.11. The lowest BCUT2D eigenvalue weighted by molar-refractivity contribution is 0.0930. The molecule has 0 unspecified atom stereocenters. The van der Waals surface area contributed by atoms with Gasteiger partial charge in [-0.15, -0.1) is 0 Å². The summed E-state index contributed by atoms with van der Waals surface area (Å²) >= 11 is 0. The number of nitrogens with zero attached hydrogens (tertiary/aromatic N) is 1. The second kappa shape index (κ2) is 6.28. The van der Waals surface area contributed by atoms with Gasteiger partial charge in [-0.3, -0.25) is 9.89 Å². The van der Waals surface area contributed by atoms with Gasteiger partial charge in [0.25, 0.3) is 5.91 Å². The molecular weight excluding hydrogens is 314 g/mol. The Morgan fingerprint density at radius 2 is 1.84 bits per heavy atom. The Balaban J connectivity index is 1.51. The molecule has 0 spiro atoms. The molecule has 2 N–H and O–H groups in total. The van der Waals surface area contributed by atoms with Crippen LogP contribution in [-0.2, 0) is 0 Å². The highest BCUT2D eigenvalue weighted by atomic mass is 16.3. The summed E-state index contributed by atoms with van der Waals surface area (Å²) in [5, 5.41) is 11.0. The standard InChI is InChI=1S/C20H17N3O2/c1-13(19-11-15-9-5-6-10-18(15)25-19)21-20(24)17-12-16(22-23-17)14-7-3-2-4-8-14/h2-13H,1H3,(H,21,24)(H,22,23)/t13-/m0/s1. The number of benzene rings is 2. The molecule has 2 heterocycles. The SMILES string of the molecule is C[C@H](NC(=O)c1cc(-c2ccccc2)n[nH]1)c1cc2ccccc2o1. The van der Waals surface area contributed by atoms with Crippen LogP contribution in [0.3, 0.4) is 0 Å². The number of amides is 1. The van der Waals surface area contributed by atoms with Gasteiger partial charge >= 0.3 is 0 Å². The Morgan fingerprint density at radius 3 is 2.64 bits per heavy atom. The van der Waals surface area contributed by atoms with Crippen LogP contribution in [0, 0.1) is 0 Å². The summed E-state index contributed by atoms with van der Waals surface area (Å²) in [6.45, 7) is 1.89. The Morgan fingerprint density at radius 1 is 1.08 bits per heavy atom. The summed E-state index contributed by atoms with van der Waals surface area (Å²) in [4.78, 5) is 12.5. The average Bonchev–Trinajstić information content (AvgIpc) is 3.29. The molecule has 5 heteroatoms. The number of furan rings is 1. The number of aromatic nitrogens is 2. The summed E-state index contributed by atoms with van der Waals surface area (Å²) < 4.78 is 5.80. The number of carbonyl (C=O) groups excluding carboxylic acids is 1. The van der Waals surface area contributed by atoms with Crippen LogP contribution in [0.25, 0.3) is 22.2 Å². The van der Waals surface area contributed by atoms with E-state index in [1.807, 2.05) is 67.6 Å². The Hall–Kier alpha value is -3.34. The van der Waals surface area contributed by atoms with Gasteiger partial charge in [-0.1, -0.05) is 48.5 Å². The van der Waals surface area contributed by atoms with Gasteiger partial charge in [-0.2, -0.15) is 5.10 Å². The quantitative estimate of drug-likeness (QED) is 0.585. The predicted molar refractivity (Wildman–Crippen MR) is 96.1 cm³/mol. The fourth-order valence-electron chi connectivity index (χ4n) is 2.76. The van der Waals surface area contributed by atoms with E-state index in [4.69, 9.17) is 4.42 Å². The number of rotatable bonds is 4. The van der Waals surface area contributed by atoms with Crippen molar-refractivity contribution in [3.05, 3.63) is 78.2 Å². The van der Waals surface area contributed by atoms with Crippen molar-refractivity contribution in [2.45, 2.75) is 13.0 Å². The zero-order chi connectivity index (χ0) is 17.2. The molecule has 1 amide bonds. The summed E-state index contributed by atoms with van der Waals surface area (Å²) in [5.74, 6) is 0.500. The molecule has 0 saturated heterocycles. The Bertz CT molecular complexity index is 985. The molecule has 25 heavy (non-hydrogen) atoms. The molecule has 4 aromatic rings. The average molecular weight is 331 g/mol. The van der Waals surface area contributed by atoms with Crippen LogP contribution in [-0.4, -0.2) is 16.1 Å². The maximum atomic E-state index is 12.5. The number of para-hydroxylation sites is 1. The van der Waals surface area contributed by atoms with Crippen molar-refractivity contribution >= 4 is 16.9 Å². The highest BCUT2D eigenvalue weighted by molar-refractivity contribution is 5.93. The minimum absolute atomic E-state index is 0.220. The van der Waals surface area contributed by atoms with Gasteiger partial charge in [0.2, 0.25) is 0 Å². The van der Waals surface area contributed by atoms with Crippen LogP contribution in [0.1, 0.15) is 29.2 Å². The van der Waals surface area contributed by atoms with Gasteiger partial charge in [0, 0.05) is 10.9 Å². The maximum Gasteiger partial charge on any atom is 0.269 e. The van der Waals surface area contributed by atoms with Crippen molar-refractivity contribution in [3.63, 3.8) is 0 Å². The van der Waals surface area contributed by atoms with E-state index in [9.17, 15) is 4.79 Å². The fraction of sp³-hybridized carbons (Fsp3) is 0.100. The summed E-state index contributed by atoms with van der Waals surface area (Å²) in [6, 6.07) is 21.0. The van der Waals surface area contributed by atoms with Gasteiger partial charge in [-0.25, -0.2) is 0 Å². The number of fused-ring (bicyclic) bond motifs is 1. The lowest BCUT2D eigenvalue weighted by Crippen LogP contribution is -2.26. The first-order valence-electron chi connectivity index (χ1n) is 8.11. The van der Waals surface area contributed by atoms with Crippen LogP contribution in [0.2, 0.25) is 0 Å². The smallest absolute Gasteiger partial charge is 0.269 e. The molecule has 0 bridgehead atoms. The molecule has 2 aromatic heterocycles. The van der Waals surface area contributed by atoms with Gasteiger partial charge < -0.3 is 9.73 Å². The van der Waals surface area contributed by atoms with Crippen LogP contribution in [0.15, 0.2) is 71.1 Å². The van der Waals surface area contributed by atoms with Crippen LogP contribution >= 0.6 is 0 Å². The largest absolute Gasteiger partial charge is 0.459 e. The number of carbonyl (C=O) groups is 1. The second-order valence-corrected chi connectivity index (χ2v) is 5.91. The third-order valence-electron chi connectivity index (χ3n) is 4.11. The number of aromatic amines is 1. The van der Waals surface area contributed by atoms with E-state index in [-0.39, 0.29) is 11.9 Å². The topological polar surface area (TPSA) is 70.9 Å². The Kier molecular flexibility index (Phi) is 3.82. The van der Waals surface area contributed by atoms with E-state index in [0.717, 1.165) is 28.0 Å². The monoisotopic (exact) mass is 331 g/mol. The lowest BCUT2D eigenvalue weighted by Gasteiger charge is -2.09. The van der Waals surface area contributed by atoms with Crippen LogP contribution < -0.4 is 5.32 Å². The Labute approximate surface area is 144 Å². The first-order chi connectivity index (χ1) is 12.2. The molecule has 4 rings (SSSR count). The minimum atomic E-state index is -0.247. The van der Waals surface area contributed by atoms with E-state index in [1.165, 1.54) is 0 Å². The van der Waals surface area contributed by atoms with Gasteiger partial charge in [0.05, 0.1) is 11.7 Å². The summed E-state index contributed by atoms with van der Waals surface area (Å²) in [5.41, 5.74) is 2.93. The number of hydrogen-bond acceptors (Lipinski definition) is 3. The molecule has 0 fully saturated rings. The highest BCUT2D eigenvalue weighted by Crippen LogP contribution is 2.24. The second-order valence-electron chi connectivity index (χ2n) is 5.91. The predicted octanol–water partition coefficient (Wildman–Crippen LogP) is 4.31. The van der Waals surface area contributed by atoms with Crippen molar-refractivity contribution in [2.24, 2.45) is 0 Å². The van der Waals surface area contributed by atoms with Crippen molar-refractivity contribution in [2.75, 3.05) is 0 Å². The van der Waals surface area contributed by atoms with Gasteiger partial charge in [0.15, 0.2) is 0 Å². The lowest BCUT2D eigenvalue weighted by atomic mass is 10.1. The zero-order valence-electron chi connectivity index (χ0n) is 13.7. The molecule has 1 atom stereocenters. The van der Waals surface area contributed by atoms with Crippen molar-refractivity contribution in [1.29, 1.82) is 0 Å². The fourth-order valence-corrected chi connectivity index (χ4v) is 2.76.